The molecule has 0 radical (unpaired) electrons. The summed E-state index contributed by atoms with van der Waals surface area (Å²) in [7, 11) is 1.63. The van der Waals surface area contributed by atoms with Crippen LogP contribution in [0, 0.1) is 0 Å². The Bertz CT molecular complexity index is 340. The number of ether oxygens (including phenoxy) is 1. The van der Waals surface area contributed by atoms with Gasteiger partial charge in [0.15, 0.2) is 0 Å². The molecule has 88 valence electrons. The predicted octanol–water partition coefficient (Wildman–Crippen LogP) is 2.59. The largest absolute Gasteiger partial charge is 0.383 e. The molecule has 0 aliphatic carbocycles. The number of amides is 1. The molecule has 1 unspecified atom stereocenters. The second-order valence-corrected chi connectivity index (χ2v) is 5.48. The lowest BCUT2D eigenvalue weighted by molar-refractivity contribution is 0.0950. The Morgan fingerprint density at radius 3 is 2.62 bits per heavy atom. The first-order valence-electron chi connectivity index (χ1n) is 4.80. The molecule has 3 nitrogen and oxygen atoms in total. The van der Waals surface area contributed by atoms with Gasteiger partial charge in [-0.15, -0.1) is 0 Å². The molecule has 1 aromatic carbocycles. The van der Waals surface area contributed by atoms with Crippen molar-refractivity contribution in [3.05, 3.63) is 34.3 Å². The fourth-order valence-corrected chi connectivity index (χ4v) is 1.84. The van der Waals surface area contributed by atoms with E-state index in [2.05, 4.69) is 37.2 Å². The molecular weight excluding hydrogens is 338 g/mol. The summed E-state index contributed by atoms with van der Waals surface area (Å²) < 4.78 is 5.91. The van der Waals surface area contributed by atoms with Gasteiger partial charge in [0.25, 0.3) is 5.91 Å². The summed E-state index contributed by atoms with van der Waals surface area (Å²) in [4.78, 5) is 11.8. The van der Waals surface area contributed by atoms with Gasteiger partial charge in [-0.25, -0.2) is 0 Å². The summed E-state index contributed by atoms with van der Waals surface area (Å²) in [5, 5.41) is 2.82. The van der Waals surface area contributed by atoms with Crippen LogP contribution in [-0.4, -0.2) is 31.0 Å². The van der Waals surface area contributed by atoms with Gasteiger partial charge in [-0.3, -0.25) is 4.79 Å². The minimum Gasteiger partial charge on any atom is -0.383 e. The first kappa shape index (κ1) is 13.7. The fourth-order valence-electron chi connectivity index (χ4n) is 1.15. The van der Waals surface area contributed by atoms with E-state index in [-0.39, 0.29) is 10.7 Å². The summed E-state index contributed by atoms with van der Waals surface area (Å²) in [6.07, 6.45) is 0. The van der Waals surface area contributed by atoms with Gasteiger partial charge >= 0.3 is 0 Å². The number of hydrogen-bond donors (Lipinski definition) is 1. The molecule has 1 aromatic rings. The zero-order valence-electron chi connectivity index (χ0n) is 8.87. The summed E-state index contributed by atoms with van der Waals surface area (Å²) in [6.45, 7) is 1.11. The topological polar surface area (TPSA) is 38.3 Å². The standard InChI is InChI=1S/C11H13Br2NO2/c1-16-7-10(13)6-14-11(15)8-2-4-9(12)5-3-8/h2-5,10H,6-7H2,1H3,(H,14,15). The number of methoxy groups -OCH3 is 1. The maximum absolute atomic E-state index is 11.7. The van der Waals surface area contributed by atoms with Gasteiger partial charge < -0.3 is 10.1 Å². The molecule has 16 heavy (non-hydrogen) atoms. The molecule has 0 spiro atoms. The Labute approximate surface area is 112 Å². The van der Waals surface area contributed by atoms with Crippen molar-refractivity contribution in [2.24, 2.45) is 0 Å². The highest BCUT2D eigenvalue weighted by Gasteiger charge is 2.08. The highest BCUT2D eigenvalue weighted by atomic mass is 79.9. The van der Waals surface area contributed by atoms with E-state index in [1.165, 1.54) is 0 Å². The van der Waals surface area contributed by atoms with Gasteiger partial charge in [0.2, 0.25) is 0 Å². The summed E-state index contributed by atoms with van der Waals surface area (Å²) >= 11 is 6.73. The molecule has 1 N–H and O–H groups in total. The molecule has 0 aromatic heterocycles. The van der Waals surface area contributed by atoms with Gasteiger partial charge in [-0.2, -0.15) is 0 Å². The molecule has 0 heterocycles. The molecule has 1 atom stereocenters. The van der Waals surface area contributed by atoms with Crippen molar-refractivity contribution >= 4 is 37.8 Å². The third-order valence-electron chi connectivity index (χ3n) is 1.94. The first-order valence-corrected chi connectivity index (χ1v) is 6.51. The number of carbonyl (C=O) groups is 1. The Kier molecular flexibility index (Phi) is 6.01. The Hall–Kier alpha value is -0.390. The van der Waals surface area contributed by atoms with Crippen LogP contribution in [0.15, 0.2) is 28.7 Å². The van der Waals surface area contributed by atoms with Crippen LogP contribution in [0.2, 0.25) is 0 Å². The van der Waals surface area contributed by atoms with Crippen LogP contribution >= 0.6 is 31.9 Å². The van der Waals surface area contributed by atoms with E-state index >= 15 is 0 Å². The van der Waals surface area contributed by atoms with Crippen molar-refractivity contribution in [3.8, 4) is 0 Å². The van der Waals surface area contributed by atoms with Gasteiger partial charge in [-0.05, 0) is 24.3 Å². The van der Waals surface area contributed by atoms with Crippen LogP contribution in [0.4, 0.5) is 0 Å². The van der Waals surface area contributed by atoms with Gasteiger partial charge in [0.1, 0.15) is 0 Å². The van der Waals surface area contributed by atoms with E-state index in [1.807, 2.05) is 12.1 Å². The van der Waals surface area contributed by atoms with Crippen LogP contribution in [0.5, 0.6) is 0 Å². The number of rotatable bonds is 5. The van der Waals surface area contributed by atoms with Crippen LogP contribution in [-0.2, 0) is 4.74 Å². The lowest BCUT2D eigenvalue weighted by Crippen LogP contribution is -2.31. The van der Waals surface area contributed by atoms with Crippen LogP contribution in [0.25, 0.3) is 0 Å². The zero-order valence-corrected chi connectivity index (χ0v) is 12.0. The highest BCUT2D eigenvalue weighted by molar-refractivity contribution is 9.10. The maximum Gasteiger partial charge on any atom is 0.251 e. The molecule has 0 fully saturated rings. The van der Waals surface area contributed by atoms with E-state index in [4.69, 9.17) is 4.74 Å². The van der Waals surface area contributed by atoms with Crippen LogP contribution < -0.4 is 5.32 Å². The number of nitrogens with one attached hydrogen (secondary N) is 1. The van der Waals surface area contributed by atoms with E-state index in [9.17, 15) is 4.79 Å². The van der Waals surface area contributed by atoms with Crippen molar-refractivity contribution in [2.75, 3.05) is 20.3 Å². The third kappa shape index (κ3) is 4.63. The average Bonchev–Trinajstić information content (AvgIpc) is 2.27. The summed E-state index contributed by atoms with van der Waals surface area (Å²) in [5.74, 6) is -0.0759. The Balaban J connectivity index is 2.43. The van der Waals surface area contributed by atoms with Crippen molar-refractivity contribution in [1.82, 2.24) is 5.32 Å². The van der Waals surface area contributed by atoms with Crippen molar-refractivity contribution in [1.29, 1.82) is 0 Å². The molecule has 0 aliphatic rings. The molecular formula is C11H13Br2NO2. The Morgan fingerprint density at radius 2 is 2.06 bits per heavy atom. The van der Waals surface area contributed by atoms with E-state index in [1.54, 1.807) is 19.2 Å². The molecule has 5 heteroatoms. The maximum atomic E-state index is 11.7. The van der Waals surface area contributed by atoms with Crippen LogP contribution in [0.1, 0.15) is 10.4 Å². The van der Waals surface area contributed by atoms with E-state index in [0.717, 1.165) is 4.47 Å². The number of hydrogen-bond acceptors (Lipinski definition) is 2. The van der Waals surface area contributed by atoms with Crippen molar-refractivity contribution in [2.45, 2.75) is 4.83 Å². The number of halogens is 2. The summed E-state index contributed by atoms with van der Waals surface area (Å²) in [6, 6.07) is 7.24. The second kappa shape index (κ2) is 7.04. The lowest BCUT2D eigenvalue weighted by atomic mass is 10.2. The predicted molar refractivity (Wildman–Crippen MR) is 71.1 cm³/mol. The molecule has 1 rings (SSSR count). The molecule has 0 saturated carbocycles. The molecule has 1 amide bonds. The van der Waals surface area contributed by atoms with E-state index in [0.29, 0.717) is 18.7 Å². The quantitative estimate of drug-likeness (QED) is 0.829. The smallest absolute Gasteiger partial charge is 0.251 e. The number of benzene rings is 1. The molecule has 0 saturated heterocycles. The molecule has 0 aliphatic heterocycles. The van der Waals surface area contributed by atoms with Gasteiger partial charge in [0.05, 0.1) is 11.4 Å². The zero-order chi connectivity index (χ0) is 12.0. The normalized spacial score (nSPS) is 12.2. The first-order chi connectivity index (χ1) is 7.63. The van der Waals surface area contributed by atoms with Gasteiger partial charge in [0, 0.05) is 23.7 Å². The minimum absolute atomic E-state index is 0.0759. The van der Waals surface area contributed by atoms with Crippen molar-refractivity contribution < 1.29 is 9.53 Å². The van der Waals surface area contributed by atoms with Gasteiger partial charge in [-0.1, -0.05) is 31.9 Å². The van der Waals surface area contributed by atoms with Crippen LogP contribution in [0.3, 0.4) is 0 Å². The number of alkyl halides is 1. The SMILES string of the molecule is COCC(Br)CNC(=O)c1ccc(Br)cc1. The average molecular weight is 351 g/mol. The fraction of sp³-hybridized carbons (Fsp3) is 0.364. The molecule has 0 bridgehead atoms. The summed E-state index contributed by atoms with van der Waals surface area (Å²) in [5.41, 5.74) is 0.653. The second-order valence-electron chi connectivity index (χ2n) is 3.27. The lowest BCUT2D eigenvalue weighted by Gasteiger charge is -2.10. The third-order valence-corrected chi connectivity index (χ3v) is 3.05. The Morgan fingerprint density at radius 1 is 1.44 bits per heavy atom. The van der Waals surface area contributed by atoms with E-state index < -0.39 is 0 Å². The number of carbonyl (C=O) groups excluding carboxylic acids is 1. The minimum atomic E-state index is -0.0759. The van der Waals surface area contributed by atoms with Crippen molar-refractivity contribution in [3.63, 3.8) is 0 Å². The highest BCUT2D eigenvalue weighted by Crippen LogP contribution is 2.10. The monoisotopic (exact) mass is 349 g/mol.